The molecule has 5 heteroatoms. The zero-order valence-corrected chi connectivity index (χ0v) is 11.9. The first-order valence-electron chi connectivity index (χ1n) is 7.04. The van der Waals surface area contributed by atoms with Gasteiger partial charge in [-0.2, -0.15) is 8.97 Å². The number of fused-ring (bicyclic) bond motifs is 1. The van der Waals surface area contributed by atoms with E-state index in [-0.39, 0.29) is 17.0 Å². The Morgan fingerprint density at radius 1 is 1.14 bits per heavy atom. The van der Waals surface area contributed by atoms with Crippen molar-refractivity contribution in [2.24, 2.45) is 0 Å². The van der Waals surface area contributed by atoms with E-state index in [9.17, 15) is 9.90 Å². The van der Waals surface area contributed by atoms with E-state index in [0.717, 1.165) is 0 Å². The highest BCUT2D eigenvalue weighted by Crippen LogP contribution is 2.22. The van der Waals surface area contributed by atoms with Gasteiger partial charge in [0.05, 0.1) is 12.7 Å². The van der Waals surface area contributed by atoms with E-state index in [2.05, 4.69) is 0 Å². The zero-order valence-electron chi connectivity index (χ0n) is 11.9. The minimum Gasteiger partial charge on any atom is -0.477 e. The van der Waals surface area contributed by atoms with Crippen molar-refractivity contribution in [2.45, 2.75) is 13.0 Å². The lowest BCUT2D eigenvalue weighted by Gasteiger charge is -2.09. The summed E-state index contributed by atoms with van der Waals surface area (Å²) in [5, 5.41) is 17.8. The highest BCUT2D eigenvalue weighted by atomic mass is 16.3. The summed E-state index contributed by atoms with van der Waals surface area (Å²) in [5.41, 5.74) is 1.29. The maximum Gasteiger partial charge on any atom is 0.354 e. The molecule has 2 N–H and O–H groups in total. The second-order valence-electron chi connectivity index (χ2n) is 4.94. The van der Waals surface area contributed by atoms with Crippen LogP contribution in [0, 0.1) is 5.41 Å². The van der Waals surface area contributed by atoms with Crippen LogP contribution in [0.1, 0.15) is 6.42 Å². The molecule has 110 valence electrons. The van der Waals surface area contributed by atoms with Gasteiger partial charge in [0.15, 0.2) is 5.56 Å². The van der Waals surface area contributed by atoms with Gasteiger partial charge in [0.25, 0.3) is 11.5 Å². The van der Waals surface area contributed by atoms with Crippen molar-refractivity contribution < 1.29 is 9.67 Å². The lowest BCUT2D eigenvalue weighted by molar-refractivity contribution is -0.678. The monoisotopic (exact) mass is 294 g/mol. The molecule has 0 radical (unpaired) electrons. The summed E-state index contributed by atoms with van der Waals surface area (Å²) in [6, 6.07) is 14.5. The summed E-state index contributed by atoms with van der Waals surface area (Å²) in [4.78, 5) is 12.7. The van der Waals surface area contributed by atoms with Crippen LogP contribution in [0.5, 0.6) is 5.88 Å². The van der Waals surface area contributed by atoms with Gasteiger partial charge in [-0.3, -0.25) is 0 Å². The molecule has 0 saturated carbocycles. The number of aromatic hydroxyl groups is 1. The third-order valence-electron chi connectivity index (χ3n) is 3.59. The van der Waals surface area contributed by atoms with Crippen LogP contribution >= 0.6 is 0 Å². The molecule has 22 heavy (non-hydrogen) atoms. The van der Waals surface area contributed by atoms with Gasteiger partial charge >= 0.3 is 5.56 Å². The predicted octanol–water partition coefficient (Wildman–Crippen LogP) is 2.00. The van der Waals surface area contributed by atoms with E-state index in [4.69, 9.17) is 5.41 Å². The van der Waals surface area contributed by atoms with Gasteiger partial charge in [-0.15, -0.1) is 0 Å². The maximum atomic E-state index is 12.7. The number of aryl methyl sites for hydroxylation is 1. The summed E-state index contributed by atoms with van der Waals surface area (Å²) in [6.07, 6.45) is 3.46. The Balaban J connectivity index is 2.38. The molecule has 0 fully saturated rings. The smallest absolute Gasteiger partial charge is 0.354 e. The molecule has 0 aliphatic heterocycles. The quantitative estimate of drug-likeness (QED) is 0.571. The fourth-order valence-corrected chi connectivity index (χ4v) is 2.56. The Morgan fingerprint density at radius 2 is 1.86 bits per heavy atom. The summed E-state index contributed by atoms with van der Waals surface area (Å²) in [6.45, 7) is 0.433. The lowest BCUT2D eigenvalue weighted by Crippen LogP contribution is -2.41. The SMILES string of the molecule is N=CCC[n+]1c(O)c(-c2ccccc2)c(=O)n2ccccc21. The van der Waals surface area contributed by atoms with Crippen molar-refractivity contribution in [3.8, 4) is 17.0 Å². The number of nitrogens with zero attached hydrogens (tertiary/aromatic N) is 2. The molecule has 0 amide bonds. The first-order chi connectivity index (χ1) is 10.7. The van der Waals surface area contributed by atoms with Gasteiger partial charge in [-0.1, -0.05) is 36.4 Å². The highest BCUT2D eigenvalue weighted by molar-refractivity contribution is 5.67. The number of aromatic nitrogens is 2. The fourth-order valence-electron chi connectivity index (χ4n) is 2.56. The molecule has 0 aliphatic rings. The van der Waals surface area contributed by atoms with Crippen molar-refractivity contribution in [1.82, 2.24) is 4.40 Å². The number of rotatable bonds is 4. The van der Waals surface area contributed by atoms with Crippen molar-refractivity contribution >= 4 is 11.9 Å². The van der Waals surface area contributed by atoms with Crippen LogP contribution in [-0.2, 0) is 6.54 Å². The van der Waals surface area contributed by atoms with Crippen LogP contribution in [0.15, 0.2) is 59.5 Å². The average Bonchev–Trinajstić information content (AvgIpc) is 2.56. The van der Waals surface area contributed by atoms with E-state index in [1.54, 1.807) is 35.0 Å². The summed E-state index contributed by atoms with van der Waals surface area (Å²) in [5.74, 6) is -0.0655. The topological polar surface area (TPSA) is 69.4 Å². The second-order valence-corrected chi connectivity index (χ2v) is 4.94. The van der Waals surface area contributed by atoms with Crippen LogP contribution in [0.3, 0.4) is 0 Å². The van der Waals surface area contributed by atoms with E-state index in [1.165, 1.54) is 10.6 Å². The van der Waals surface area contributed by atoms with E-state index < -0.39 is 0 Å². The van der Waals surface area contributed by atoms with Crippen LogP contribution in [0.2, 0.25) is 0 Å². The first kappa shape index (κ1) is 14.0. The molecule has 0 spiro atoms. The molecular formula is C17H16N3O2+. The zero-order chi connectivity index (χ0) is 15.5. The number of hydrogen-bond donors (Lipinski definition) is 2. The number of pyridine rings is 1. The number of benzene rings is 1. The maximum absolute atomic E-state index is 12.7. The lowest BCUT2D eigenvalue weighted by atomic mass is 10.1. The minimum absolute atomic E-state index is 0.0655. The Morgan fingerprint density at radius 3 is 2.59 bits per heavy atom. The Kier molecular flexibility index (Phi) is 3.70. The Labute approximate surface area is 127 Å². The third-order valence-corrected chi connectivity index (χ3v) is 3.59. The van der Waals surface area contributed by atoms with Gasteiger partial charge in [-0.05, 0) is 17.8 Å². The average molecular weight is 294 g/mol. The van der Waals surface area contributed by atoms with E-state index >= 15 is 0 Å². The molecule has 5 nitrogen and oxygen atoms in total. The third kappa shape index (κ3) is 2.26. The van der Waals surface area contributed by atoms with E-state index in [0.29, 0.717) is 24.2 Å². The van der Waals surface area contributed by atoms with Gasteiger partial charge in [0.2, 0.25) is 0 Å². The molecule has 1 aromatic carbocycles. The van der Waals surface area contributed by atoms with Gasteiger partial charge < -0.3 is 10.5 Å². The van der Waals surface area contributed by atoms with Crippen LogP contribution in [0.4, 0.5) is 0 Å². The molecule has 0 bridgehead atoms. The van der Waals surface area contributed by atoms with Crippen molar-refractivity contribution in [1.29, 1.82) is 5.41 Å². The minimum atomic E-state index is -0.259. The normalized spacial score (nSPS) is 10.7. The second kappa shape index (κ2) is 5.81. The van der Waals surface area contributed by atoms with Crippen LogP contribution in [0.25, 0.3) is 16.8 Å². The Bertz CT molecular complexity index is 886. The summed E-state index contributed by atoms with van der Waals surface area (Å²) < 4.78 is 3.18. The van der Waals surface area contributed by atoms with Crippen molar-refractivity contribution in [2.75, 3.05) is 0 Å². The van der Waals surface area contributed by atoms with Gasteiger partial charge in [0, 0.05) is 12.5 Å². The molecule has 0 saturated heterocycles. The number of hydrogen-bond acceptors (Lipinski definition) is 3. The molecule has 3 rings (SSSR count). The molecular weight excluding hydrogens is 278 g/mol. The van der Waals surface area contributed by atoms with E-state index in [1.807, 2.05) is 24.3 Å². The van der Waals surface area contributed by atoms with Crippen molar-refractivity contribution in [3.63, 3.8) is 0 Å². The first-order valence-corrected chi connectivity index (χ1v) is 7.04. The molecule has 2 heterocycles. The Hall–Kier alpha value is -2.95. The fraction of sp³-hybridized carbons (Fsp3) is 0.118. The number of nitrogens with one attached hydrogen (secondary N) is 1. The molecule has 0 unspecified atom stereocenters. The van der Waals surface area contributed by atoms with Gasteiger partial charge in [0.1, 0.15) is 0 Å². The van der Waals surface area contributed by atoms with Crippen molar-refractivity contribution in [3.05, 3.63) is 65.1 Å². The molecule has 2 aromatic heterocycles. The molecule has 0 aliphatic carbocycles. The van der Waals surface area contributed by atoms with Gasteiger partial charge in [-0.25, -0.2) is 4.79 Å². The predicted molar refractivity (Wildman–Crippen MR) is 84.4 cm³/mol. The largest absolute Gasteiger partial charge is 0.477 e. The molecule has 0 atom stereocenters. The van der Waals surface area contributed by atoms with Crippen LogP contribution < -0.4 is 10.1 Å². The summed E-state index contributed by atoms with van der Waals surface area (Å²) >= 11 is 0. The summed E-state index contributed by atoms with van der Waals surface area (Å²) in [7, 11) is 0. The highest BCUT2D eigenvalue weighted by Gasteiger charge is 2.24. The standard InChI is InChI=1S/C17H15N3O2/c18-10-6-12-20-14-9-4-5-11-19(14)16(21)15(17(20)22)13-7-2-1-3-8-13/h1-5,7-11,18H,6,12H2/p+1. The van der Waals surface area contributed by atoms with Crippen LogP contribution in [-0.4, -0.2) is 15.7 Å². The molecule has 3 aromatic rings.